The fourth-order valence-corrected chi connectivity index (χ4v) is 5.68. The van der Waals surface area contributed by atoms with E-state index in [1.165, 1.54) is 73.7 Å². The molecule has 6 nitrogen and oxygen atoms in total. The van der Waals surface area contributed by atoms with Gasteiger partial charge in [0.15, 0.2) is 0 Å². The van der Waals surface area contributed by atoms with Crippen LogP contribution in [-0.2, 0) is 30.8 Å². The molecule has 0 saturated heterocycles. The Morgan fingerprint density at radius 1 is 1.14 bits per heavy atom. The van der Waals surface area contributed by atoms with Crippen molar-refractivity contribution in [3.8, 4) is 0 Å². The highest BCUT2D eigenvalue weighted by Crippen LogP contribution is 2.21. The highest BCUT2D eigenvalue weighted by Gasteiger charge is 2.18. The summed E-state index contributed by atoms with van der Waals surface area (Å²) < 4.78 is 3.25. The van der Waals surface area contributed by atoms with Crippen molar-refractivity contribution in [1.29, 1.82) is 0 Å². The van der Waals surface area contributed by atoms with Crippen molar-refractivity contribution in [3.63, 3.8) is 0 Å². The highest BCUT2D eigenvalue weighted by molar-refractivity contribution is 7.98. The number of carbonyl (C=O) groups is 1. The molecule has 2 aromatic rings. The van der Waals surface area contributed by atoms with Gasteiger partial charge in [0.05, 0.1) is 10.9 Å². The normalized spacial score (nSPS) is 17.6. The van der Waals surface area contributed by atoms with Crippen molar-refractivity contribution in [2.24, 2.45) is 0 Å². The van der Waals surface area contributed by atoms with Crippen LogP contribution in [0.5, 0.6) is 0 Å². The van der Waals surface area contributed by atoms with Crippen molar-refractivity contribution in [1.82, 2.24) is 25.2 Å². The van der Waals surface area contributed by atoms with Gasteiger partial charge in [-0.15, -0.1) is 0 Å². The Kier molecular flexibility index (Phi) is 10.4. The Morgan fingerprint density at radius 2 is 2.03 bits per heavy atom. The summed E-state index contributed by atoms with van der Waals surface area (Å²) in [4.78, 5) is 19.4. The van der Waals surface area contributed by atoms with Crippen LogP contribution >= 0.6 is 11.9 Å². The average Bonchev–Trinajstić information content (AvgIpc) is 2.90. The predicted octanol–water partition coefficient (Wildman–Crippen LogP) is 4.19. The van der Waals surface area contributed by atoms with E-state index in [1.54, 1.807) is 6.20 Å². The number of pyridine rings is 1. The predicted molar refractivity (Wildman–Crippen MR) is 145 cm³/mol. The highest BCUT2D eigenvalue weighted by atomic mass is 32.2. The lowest BCUT2D eigenvalue weighted by molar-refractivity contribution is -0.120. The Bertz CT molecular complexity index is 919. The Hall–Kier alpha value is -1.93. The second-order valence-corrected chi connectivity index (χ2v) is 11.1. The zero-order valence-electron chi connectivity index (χ0n) is 21.1. The molecule has 0 spiro atoms. The third-order valence-corrected chi connectivity index (χ3v) is 8.01. The smallest absolute Gasteiger partial charge is 0.234 e. The van der Waals surface area contributed by atoms with Crippen LogP contribution in [-0.4, -0.2) is 46.7 Å². The van der Waals surface area contributed by atoms with Crippen LogP contribution in [0.4, 0.5) is 0 Å². The summed E-state index contributed by atoms with van der Waals surface area (Å²) in [6.07, 6.45) is 11.0. The van der Waals surface area contributed by atoms with Crippen molar-refractivity contribution in [3.05, 3.63) is 65.0 Å². The SMILES string of the molecule is C[C@H](SNCc1ccccn1)C(=O)NCc1ccc2c(c1)CCN(CCCNC1CCCCC1)C2. The lowest BCUT2D eigenvalue weighted by Crippen LogP contribution is -2.36. The lowest BCUT2D eigenvalue weighted by atomic mass is 9.95. The van der Waals surface area contributed by atoms with Crippen molar-refractivity contribution in [2.75, 3.05) is 19.6 Å². The lowest BCUT2D eigenvalue weighted by Gasteiger charge is -2.29. The maximum absolute atomic E-state index is 12.5. The summed E-state index contributed by atoms with van der Waals surface area (Å²) in [5.74, 6) is 0.0502. The monoisotopic (exact) mass is 495 g/mol. The number of hydrogen-bond acceptors (Lipinski definition) is 6. The first-order valence-corrected chi connectivity index (χ1v) is 14.2. The first kappa shape index (κ1) is 26.1. The second kappa shape index (κ2) is 14.0. The molecule has 2 heterocycles. The quantitative estimate of drug-likeness (QED) is 0.303. The molecule has 1 amide bonds. The molecular weight excluding hydrogens is 454 g/mol. The largest absolute Gasteiger partial charge is 0.351 e. The molecule has 2 aliphatic rings. The molecule has 1 aromatic heterocycles. The molecule has 190 valence electrons. The van der Waals surface area contributed by atoms with Crippen molar-refractivity contribution >= 4 is 17.9 Å². The van der Waals surface area contributed by atoms with Crippen LogP contribution < -0.4 is 15.4 Å². The third-order valence-electron chi connectivity index (χ3n) is 7.13. The minimum atomic E-state index is -0.169. The molecule has 0 unspecified atom stereocenters. The van der Waals surface area contributed by atoms with Gasteiger partial charge in [-0.05, 0) is 74.5 Å². The van der Waals surface area contributed by atoms with Crippen LogP contribution in [0.2, 0.25) is 0 Å². The van der Waals surface area contributed by atoms with E-state index in [2.05, 4.69) is 43.4 Å². The van der Waals surface area contributed by atoms with Crippen molar-refractivity contribution in [2.45, 2.75) is 82.8 Å². The zero-order chi connectivity index (χ0) is 24.3. The van der Waals surface area contributed by atoms with Gasteiger partial charge in [-0.25, -0.2) is 0 Å². The van der Waals surface area contributed by atoms with Gasteiger partial charge in [-0.2, -0.15) is 0 Å². The first-order chi connectivity index (χ1) is 17.2. The van der Waals surface area contributed by atoms with Gasteiger partial charge < -0.3 is 10.6 Å². The van der Waals surface area contributed by atoms with Gasteiger partial charge >= 0.3 is 0 Å². The van der Waals surface area contributed by atoms with E-state index < -0.39 is 0 Å². The number of aromatic nitrogens is 1. The summed E-state index contributed by atoms with van der Waals surface area (Å²) in [6, 6.07) is 13.3. The van der Waals surface area contributed by atoms with Gasteiger partial charge in [0.2, 0.25) is 5.91 Å². The van der Waals surface area contributed by atoms with E-state index in [-0.39, 0.29) is 11.2 Å². The molecule has 1 fully saturated rings. The van der Waals surface area contributed by atoms with Gasteiger partial charge in [-0.1, -0.05) is 55.5 Å². The number of nitrogens with zero attached hydrogens (tertiary/aromatic N) is 2. The van der Waals surface area contributed by atoms with Gasteiger partial charge in [0, 0.05) is 38.4 Å². The first-order valence-electron chi connectivity index (χ1n) is 13.3. The van der Waals surface area contributed by atoms with Crippen LogP contribution in [0.25, 0.3) is 0 Å². The Balaban J connectivity index is 1.13. The number of benzene rings is 1. The molecule has 3 N–H and O–H groups in total. The molecular formula is C28H41N5OS. The molecule has 0 radical (unpaired) electrons. The summed E-state index contributed by atoms with van der Waals surface area (Å²) in [7, 11) is 0. The number of hydrogen-bond donors (Lipinski definition) is 3. The maximum Gasteiger partial charge on any atom is 0.234 e. The molecule has 7 heteroatoms. The fourth-order valence-electron chi connectivity index (χ4n) is 5.01. The van der Waals surface area contributed by atoms with E-state index >= 15 is 0 Å². The molecule has 1 aliphatic carbocycles. The van der Waals surface area contributed by atoms with Crippen LogP contribution in [0, 0.1) is 0 Å². The third kappa shape index (κ3) is 8.60. The zero-order valence-corrected chi connectivity index (χ0v) is 21.9. The van der Waals surface area contributed by atoms with Crippen LogP contribution in [0.1, 0.15) is 67.8 Å². The van der Waals surface area contributed by atoms with E-state index in [4.69, 9.17) is 0 Å². The minimum absolute atomic E-state index is 0.0502. The molecule has 1 aliphatic heterocycles. The number of fused-ring (bicyclic) bond motifs is 1. The topological polar surface area (TPSA) is 69.3 Å². The van der Waals surface area contributed by atoms with Gasteiger partial charge in [0.1, 0.15) is 0 Å². The van der Waals surface area contributed by atoms with Crippen LogP contribution in [0.3, 0.4) is 0 Å². The van der Waals surface area contributed by atoms with Crippen molar-refractivity contribution < 1.29 is 4.79 Å². The van der Waals surface area contributed by atoms with E-state index in [1.807, 2.05) is 25.1 Å². The summed E-state index contributed by atoms with van der Waals surface area (Å²) in [5, 5.41) is 6.69. The Morgan fingerprint density at radius 3 is 2.86 bits per heavy atom. The second-order valence-electron chi connectivity index (χ2n) is 9.89. The molecule has 1 aromatic carbocycles. The number of nitrogens with one attached hydrogen (secondary N) is 3. The van der Waals surface area contributed by atoms with E-state index in [9.17, 15) is 4.79 Å². The Labute approximate surface area is 215 Å². The standard InChI is InChI=1S/C28H41N5OS/c1-22(35-32-20-27-10-5-6-14-30-27)28(34)31-19-23-11-12-25-21-33(17-13-24(25)18-23)16-7-15-29-26-8-3-2-4-9-26/h5-6,10-12,14,18,22,26,29,32H,2-4,7-9,13,15-17,19-21H2,1H3,(H,31,34)/t22-/m0/s1. The minimum Gasteiger partial charge on any atom is -0.351 e. The van der Waals surface area contributed by atoms with Gasteiger partial charge in [0.25, 0.3) is 0 Å². The summed E-state index contributed by atoms with van der Waals surface area (Å²) >= 11 is 1.44. The van der Waals surface area contributed by atoms with Crippen LogP contribution in [0.15, 0.2) is 42.6 Å². The molecule has 4 rings (SSSR count). The molecule has 0 bridgehead atoms. The van der Waals surface area contributed by atoms with E-state index in [0.29, 0.717) is 13.1 Å². The summed E-state index contributed by atoms with van der Waals surface area (Å²) in [6.45, 7) is 7.62. The number of amides is 1. The molecule has 1 saturated carbocycles. The fraction of sp³-hybridized carbons (Fsp3) is 0.571. The average molecular weight is 496 g/mol. The maximum atomic E-state index is 12.5. The molecule has 1 atom stereocenters. The summed E-state index contributed by atoms with van der Waals surface area (Å²) in [5.41, 5.74) is 5.03. The number of rotatable bonds is 12. The van der Waals surface area contributed by atoms with Gasteiger partial charge in [-0.3, -0.25) is 19.4 Å². The van der Waals surface area contributed by atoms with E-state index in [0.717, 1.165) is 37.8 Å². The molecule has 35 heavy (non-hydrogen) atoms. The number of carbonyl (C=O) groups excluding carboxylic acids is 1.